The molecule has 3 aromatic rings. The number of fused-ring (bicyclic) bond motifs is 1. The van der Waals surface area contributed by atoms with Crippen molar-refractivity contribution in [2.75, 3.05) is 12.3 Å². The predicted molar refractivity (Wildman–Crippen MR) is 90.6 cm³/mol. The van der Waals surface area contributed by atoms with Gasteiger partial charge >= 0.3 is 6.18 Å². The minimum Gasteiger partial charge on any atom is -0.493 e. The smallest absolute Gasteiger partial charge is 0.416 e. The molecule has 7 heteroatoms. The molecule has 0 aliphatic rings. The van der Waals surface area contributed by atoms with Gasteiger partial charge in [-0.3, -0.25) is 0 Å². The molecule has 0 unspecified atom stereocenters. The molecule has 0 atom stereocenters. The molecule has 2 aromatic carbocycles. The Morgan fingerprint density at radius 2 is 1.75 bits per heavy atom. The number of anilines is 1. The molecule has 0 aliphatic heterocycles. The van der Waals surface area contributed by atoms with E-state index < -0.39 is 11.7 Å². The molecule has 0 saturated carbocycles. The highest BCUT2D eigenvalue weighted by Crippen LogP contribution is 2.29. The van der Waals surface area contributed by atoms with Crippen LogP contribution >= 0.6 is 12.4 Å². The molecule has 0 bridgehead atoms. The van der Waals surface area contributed by atoms with E-state index in [-0.39, 0.29) is 12.4 Å². The number of hydrogen-bond donors (Lipinski definition) is 2. The fraction of sp³-hybridized carbons (Fsp3) is 0.176. The van der Waals surface area contributed by atoms with Crippen molar-refractivity contribution >= 4 is 29.0 Å². The average molecular weight is 357 g/mol. The van der Waals surface area contributed by atoms with Gasteiger partial charge in [0.25, 0.3) is 0 Å². The van der Waals surface area contributed by atoms with Gasteiger partial charge in [0.2, 0.25) is 0 Å². The highest BCUT2D eigenvalue weighted by atomic mass is 35.5. The van der Waals surface area contributed by atoms with E-state index >= 15 is 0 Å². The molecule has 0 amide bonds. The van der Waals surface area contributed by atoms with Crippen LogP contribution in [-0.2, 0) is 12.6 Å². The minimum atomic E-state index is -4.30. The van der Waals surface area contributed by atoms with Crippen LogP contribution in [0.1, 0.15) is 11.1 Å². The molecular formula is C17H16ClF3N2O. The molecule has 3 nitrogen and oxygen atoms in total. The molecule has 0 fully saturated rings. The zero-order valence-electron chi connectivity index (χ0n) is 12.6. The third-order valence-corrected chi connectivity index (χ3v) is 3.63. The van der Waals surface area contributed by atoms with Crippen LogP contribution in [0.3, 0.4) is 0 Å². The molecule has 0 saturated heterocycles. The standard InChI is InChI=1S/C17H15F3N2O.ClH/c18-17(19,20)12-3-1-11(2-4-12)7-8-23-13-5-6-16-14(9-13)15(21)10-22-16;/h1-6,9-10,22H,7-8,21H2;1H. The Balaban J connectivity index is 0.00000208. The van der Waals surface area contributed by atoms with Crippen molar-refractivity contribution in [3.8, 4) is 5.75 Å². The van der Waals surface area contributed by atoms with Crippen LogP contribution in [0, 0.1) is 0 Å². The zero-order valence-corrected chi connectivity index (χ0v) is 13.4. The summed E-state index contributed by atoms with van der Waals surface area (Å²) in [4.78, 5) is 3.04. The Hall–Kier alpha value is -2.34. The number of alkyl halides is 3. The van der Waals surface area contributed by atoms with Crippen LogP contribution in [0.4, 0.5) is 18.9 Å². The van der Waals surface area contributed by atoms with Gasteiger partial charge in [0, 0.05) is 23.5 Å². The maximum Gasteiger partial charge on any atom is 0.416 e. The third kappa shape index (κ3) is 3.94. The Kier molecular flexibility index (Phi) is 5.29. The molecular weight excluding hydrogens is 341 g/mol. The van der Waals surface area contributed by atoms with Gasteiger partial charge in [-0.15, -0.1) is 12.4 Å². The molecule has 128 valence electrons. The lowest BCUT2D eigenvalue weighted by atomic mass is 10.1. The molecule has 1 heterocycles. The molecule has 3 rings (SSSR count). The quantitative estimate of drug-likeness (QED) is 0.704. The maximum atomic E-state index is 12.5. The maximum absolute atomic E-state index is 12.5. The van der Waals surface area contributed by atoms with Gasteiger partial charge in [-0.05, 0) is 35.9 Å². The Labute approximate surface area is 143 Å². The summed E-state index contributed by atoms with van der Waals surface area (Å²) in [7, 11) is 0. The second-order valence-electron chi connectivity index (χ2n) is 5.24. The SMILES string of the molecule is Cl.Nc1c[nH]c2ccc(OCCc3ccc(C(F)(F)F)cc3)cc12. The number of nitrogens with one attached hydrogen (secondary N) is 1. The number of nitrogen functional groups attached to an aromatic ring is 1. The Morgan fingerprint density at radius 1 is 1.04 bits per heavy atom. The van der Waals surface area contributed by atoms with Crippen LogP contribution in [-0.4, -0.2) is 11.6 Å². The van der Waals surface area contributed by atoms with Crippen molar-refractivity contribution in [2.45, 2.75) is 12.6 Å². The van der Waals surface area contributed by atoms with Crippen molar-refractivity contribution in [3.05, 3.63) is 59.8 Å². The van der Waals surface area contributed by atoms with E-state index in [1.165, 1.54) is 12.1 Å². The number of H-pyrrole nitrogens is 1. The average Bonchev–Trinajstić information content (AvgIpc) is 2.88. The Bertz CT molecular complexity index is 813. The van der Waals surface area contributed by atoms with Crippen LogP contribution in [0.5, 0.6) is 5.75 Å². The topological polar surface area (TPSA) is 51.0 Å². The van der Waals surface area contributed by atoms with E-state index in [0.717, 1.165) is 28.6 Å². The summed E-state index contributed by atoms with van der Waals surface area (Å²) >= 11 is 0. The number of aromatic amines is 1. The first-order valence-electron chi connectivity index (χ1n) is 7.09. The highest BCUT2D eigenvalue weighted by molar-refractivity contribution is 5.92. The molecule has 1 aromatic heterocycles. The minimum absolute atomic E-state index is 0. The second kappa shape index (κ2) is 7.05. The summed E-state index contributed by atoms with van der Waals surface area (Å²) < 4.78 is 43.1. The first kappa shape index (κ1) is 18.0. The summed E-state index contributed by atoms with van der Waals surface area (Å²) in [6, 6.07) is 10.7. The van der Waals surface area contributed by atoms with Crippen molar-refractivity contribution in [2.24, 2.45) is 0 Å². The first-order chi connectivity index (χ1) is 10.9. The van der Waals surface area contributed by atoms with E-state index in [1.54, 1.807) is 6.20 Å². The van der Waals surface area contributed by atoms with Crippen molar-refractivity contribution in [1.29, 1.82) is 0 Å². The second-order valence-corrected chi connectivity index (χ2v) is 5.24. The van der Waals surface area contributed by atoms with E-state index in [4.69, 9.17) is 10.5 Å². The van der Waals surface area contributed by atoms with Crippen molar-refractivity contribution < 1.29 is 17.9 Å². The van der Waals surface area contributed by atoms with Crippen molar-refractivity contribution in [3.63, 3.8) is 0 Å². The van der Waals surface area contributed by atoms with Crippen LogP contribution in [0.15, 0.2) is 48.7 Å². The summed E-state index contributed by atoms with van der Waals surface area (Å²) in [5, 5.41) is 0.886. The fourth-order valence-electron chi connectivity index (χ4n) is 2.36. The fourth-order valence-corrected chi connectivity index (χ4v) is 2.36. The molecule has 0 spiro atoms. The normalized spacial score (nSPS) is 11.3. The van der Waals surface area contributed by atoms with Crippen molar-refractivity contribution in [1.82, 2.24) is 4.98 Å². The number of ether oxygens (including phenoxy) is 1. The van der Waals surface area contributed by atoms with E-state index in [0.29, 0.717) is 24.5 Å². The summed E-state index contributed by atoms with van der Waals surface area (Å²) in [6.45, 7) is 0.376. The molecule has 0 radical (unpaired) electrons. The third-order valence-electron chi connectivity index (χ3n) is 3.63. The summed E-state index contributed by atoms with van der Waals surface area (Å²) in [6.07, 6.45) is -2.06. The van der Waals surface area contributed by atoms with Gasteiger partial charge in [-0.1, -0.05) is 12.1 Å². The van der Waals surface area contributed by atoms with E-state index in [9.17, 15) is 13.2 Å². The lowest BCUT2D eigenvalue weighted by molar-refractivity contribution is -0.137. The van der Waals surface area contributed by atoms with E-state index in [1.807, 2.05) is 18.2 Å². The first-order valence-corrected chi connectivity index (χ1v) is 7.09. The van der Waals surface area contributed by atoms with Gasteiger partial charge < -0.3 is 15.5 Å². The molecule has 3 N–H and O–H groups in total. The summed E-state index contributed by atoms with van der Waals surface area (Å²) in [5.74, 6) is 0.677. The lowest BCUT2D eigenvalue weighted by Crippen LogP contribution is -2.05. The Morgan fingerprint density at radius 3 is 2.42 bits per heavy atom. The van der Waals surface area contributed by atoms with Gasteiger partial charge in [-0.25, -0.2) is 0 Å². The largest absolute Gasteiger partial charge is 0.493 e. The number of hydrogen-bond acceptors (Lipinski definition) is 2. The number of halogens is 4. The molecule has 24 heavy (non-hydrogen) atoms. The number of rotatable bonds is 4. The van der Waals surface area contributed by atoms with Gasteiger partial charge in [0.15, 0.2) is 0 Å². The van der Waals surface area contributed by atoms with Gasteiger partial charge in [0.05, 0.1) is 17.9 Å². The van der Waals surface area contributed by atoms with Crippen LogP contribution in [0.25, 0.3) is 10.9 Å². The molecule has 0 aliphatic carbocycles. The van der Waals surface area contributed by atoms with Crippen LogP contribution in [0.2, 0.25) is 0 Å². The monoisotopic (exact) mass is 356 g/mol. The number of nitrogens with two attached hydrogens (primary N) is 1. The number of benzene rings is 2. The lowest BCUT2D eigenvalue weighted by Gasteiger charge is -2.09. The summed E-state index contributed by atoms with van der Waals surface area (Å²) in [5.41, 5.74) is 7.56. The van der Waals surface area contributed by atoms with Gasteiger partial charge in [-0.2, -0.15) is 13.2 Å². The highest BCUT2D eigenvalue weighted by Gasteiger charge is 2.29. The zero-order chi connectivity index (χ0) is 16.4. The number of aromatic nitrogens is 1. The van der Waals surface area contributed by atoms with Gasteiger partial charge in [0.1, 0.15) is 5.75 Å². The van der Waals surface area contributed by atoms with E-state index in [2.05, 4.69) is 4.98 Å². The predicted octanol–water partition coefficient (Wildman–Crippen LogP) is 4.81. The van der Waals surface area contributed by atoms with Crippen LogP contribution < -0.4 is 10.5 Å².